The van der Waals surface area contributed by atoms with Crippen LogP contribution in [0.3, 0.4) is 0 Å². The normalized spacial score (nSPS) is 28.3. The minimum atomic E-state index is -3.47. The number of rotatable bonds is 6. The van der Waals surface area contributed by atoms with E-state index in [0.29, 0.717) is 5.75 Å². The van der Waals surface area contributed by atoms with Crippen molar-refractivity contribution in [1.82, 2.24) is 0 Å². The van der Waals surface area contributed by atoms with E-state index in [9.17, 15) is 9.67 Å². The van der Waals surface area contributed by atoms with Gasteiger partial charge >= 0.3 is 7.60 Å². The third kappa shape index (κ3) is 3.80. The molecule has 0 aromatic rings. The van der Waals surface area contributed by atoms with Gasteiger partial charge in [-0.3, -0.25) is 4.57 Å². The van der Waals surface area contributed by atoms with Crippen LogP contribution in [0.4, 0.5) is 0 Å². The van der Waals surface area contributed by atoms with Gasteiger partial charge in [0.2, 0.25) is 0 Å². The summed E-state index contributed by atoms with van der Waals surface area (Å²) in [5.74, 6) is 0.685. The summed E-state index contributed by atoms with van der Waals surface area (Å²) in [4.78, 5) is 0. The molecule has 0 fully saturated rings. The highest BCUT2D eigenvalue weighted by atomic mass is 32.2. The maximum atomic E-state index is 13.3. The molecule has 112 valence electrons. The van der Waals surface area contributed by atoms with Crippen molar-refractivity contribution >= 4 is 31.1 Å². The topological polar surface area (TPSA) is 55.8 Å². The van der Waals surface area contributed by atoms with Crippen LogP contribution in [0.1, 0.15) is 27.7 Å². The number of hydrogen-bond acceptors (Lipinski definition) is 6. The van der Waals surface area contributed by atoms with Gasteiger partial charge < -0.3 is 14.2 Å². The summed E-state index contributed by atoms with van der Waals surface area (Å²) in [5.41, 5.74) is 0. The Morgan fingerprint density at radius 1 is 1.37 bits per heavy atom. The third-order valence-corrected chi connectivity index (χ3v) is 9.85. The van der Waals surface area contributed by atoms with Gasteiger partial charge in [-0.25, -0.2) is 0 Å². The molecule has 0 spiro atoms. The van der Waals surface area contributed by atoms with Gasteiger partial charge in [0.15, 0.2) is 3.82 Å². The van der Waals surface area contributed by atoms with E-state index in [-0.39, 0.29) is 12.2 Å². The minimum Gasteiger partial charge on any atom is -0.386 e. The zero-order chi connectivity index (χ0) is 14.7. The summed E-state index contributed by atoms with van der Waals surface area (Å²) in [6.07, 6.45) is 4.06. The molecule has 0 saturated carbocycles. The van der Waals surface area contributed by atoms with Gasteiger partial charge in [0.25, 0.3) is 0 Å². The van der Waals surface area contributed by atoms with Crippen LogP contribution in [0.2, 0.25) is 0 Å². The van der Waals surface area contributed by atoms with Crippen molar-refractivity contribution in [3.8, 4) is 0 Å². The molecule has 2 atom stereocenters. The van der Waals surface area contributed by atoms with Crippen LogP contribution in [0.5, 0.6) is 0 Å². The van der Waals surface area contributed by atoms with Crippen molar-refractivity contribution in [2.75, 3.05) is 12.0 Å². The molecule has 1 aliphatic rings. The quantitative estimate of drug-likeness (QED) is 0.593. The van der Waals surface area contributed by atoms with E-state index in [2.05, 4.69) is 0 Å². The molecule has 1 heterocycles. The zero-order valence-electron chi connectivity index (χ0n) is 12.0. The smallest absolute Gasteiger partial charge is 0.360 e. The Morgan fingerprint density at radius 3 is 2.26 bits per heavy atom. The fourth-order valence-corrected chi connectivity index (χ4v) is 7.64. The molecular weight excluding hydrogens is 303 g/mol. The lowest BCUT2D eigenvalue weighted by Gasteiger charge is -2.42. The molecule has 1 aliphatic heterocycles. The molecule has 0 bridgehead atoms. The van der Waals surface area contributed by atoms with Crippen LogP contribution in [0, 0.1) is 0 Å². The first-order valence-corrected chi connectivity index (χ1v) is 10.0. The van der Waals surface area contributed by atoms with Crippen molar-refractivity contribution in [2.24, 2.45) is 0 Å². The molecule has 0 amide bonds. The van der Waals surface area contributed by atoms with Gasteiger partial charge in [-0.2, -0.15) is 0 Å². The Balaban J connectivity index is 3.19. The van der Waals surface area contributed by atoms with Gasteiger partial charge in [-0.1, -0.05) is 12.2 Å². The number of hydrogen-bond donors (Lipinski definition) is 1. The van der Waals surface area contributed by atoms with Crippen molar-refractivity contribution in [3.63, 3.8) is 0 Å². The van der Waals surface area contributed by atoms with Gasteiger partial charge in [0.1, 0.15) is 6.10 Å². The van der Waals surface area contributed by atoms with Crippen molar-refractivity contribution in [2.45, 2.75) is 49.8 Å². The average Bonchev–Trinajstić information content (AvgIpc) is 2.27. The summed E-state index contributed by atoms with van der Waals surface area (Å²) in [5, 5.41) is 10.3. The van der Waals surface area contributed by atoms with Crippen molar-refractivity contribution < 1.29 is 18.7 Å². The lowest BCUT2D eigenvalue weighted by atomic mass is 10.3. The van der Waals surface area contributed by atoms with Gasteiger partial charge in [0, 0.05) is 5.75 Å². The van der Waals surface area contributed by atoms with E-state index in [1.165, 1.54) is 23.5 Å². The van der Waals surface area contributed by atoms with E-state index in [1.54, 1.807) is 6.08 Å². The molecule has 0 aromatic heterocycles. The molecular formula is C12H23O4PS2. The molecule has 1 rings (SSSR count). The Labute approximate surface area is 124 Å². The van der Waals surface area contributed by atoms with Crippen LogP contribution in [0.15, 0.2) is 12.2 Å². The van der Waals surface area contributed by atoms with Gasteiger partial charge in [-0.15, -0.1) is 23.5 Å². The zero-order valence-corrected chi connectivity index (χ0v) is 14.6. The third-order valence-electron chi connectivity index (χ3n) is 2.45. The number of thioether (sulfide) groups is 2. The maximum absolute atomic E-state index is 13.3. The standard InChI is InChI=1S/C12H23O4PS2/c1-9(2)15-17(14,16-10(3)4)12(18-5)11(13)7-6-8-19-12/h6-7,9-11,13H,8H2,1-5H3/t11-,12+/m1/s1. The van der Waals surface area contributed by atoms with Crippen LogP contribution in [-0.2, 0) is 13.6 Å². The highest BCUT2D eigenvalue weighted by Crippen LogP contribution is 2.72. The predicted octanol–water partition coefficient (Wildman–Crippen LogP) is 3.71. The molecule has 19 heavy (non-hydrogen) atoms. The van der Waals surface area contributed by atoms with Gasteiger partial charge in [-0.05, 0) is 34.0 Å². The second kappa shape index (κ2) is 7.01. The fourth-order valence-electron chi connectivity index (χ4n) is 1.82. The first kappa shape index (κ1) is 17.6. The lowest BCUT2D eigenvalue weighted by molar-refractivity contribution is 0.125. The molecule has 0 unspecified atom stereocenters. The first-order chi connectivity index (χ1) is 8.77. The molecule has 0 radical (unpaired) electrons. The summed E-state index contributed by atoms with van der Waals surface area (Å²) in [6, 6.07) is 0. The van der Waals surface area contributed by atoms with Gasteiger partial charge in [0.05, 0.1) is 12.2 Å². The molecule has 7 heteroatoms. The van der Waals surface area contributed by atoms with E-state index in [1.807, 2.05) is 40.0 Å². The Morgan fingerprint density at radius 2 is 1.89 bits per heavy atom. The van der Waals surface area contributed by atoms with Crippen LogP contribution >= 0.6 is 31.1 Å². The highest BCUT2D eigenvalue weighted by Gasteiger charge is 2.57. The molecule has 0 saturated heterocycles. The lowest BCUT2D eigenvalue weighted by Crippen LogP contribution is -2.39. The largest absolute Gasteiger partial charge is 0.386 e. The Kier molecular flexibility index (Phi) is 6.49. The molecule has 4 nitrogen and oxygen atoms in total. The summed E-state index contributed by atoms with van der Waals surface area (Å²) in [7, 11) is -3.47. The highest BCUT2D eigenvalue weighted by molar-refractivity contribution is 8.25. The van der Waals surface area contributed by atoms with E-state index >= 15 is 0 Å². The van der Waals surface area contributed by atoms with E-state index in [4.69, 9.17) is 9.05 Å². The monoisotopic (exact) mass is 326 g/mol. The number of aliphatic hydroxyl groups excluding tert-OH is 1. The average molecular weight is 326 g/mol. The maximum Gasteiger partial charge on any atom is 0.360 e. The van der Waals surface area contributed by atoms with E-state index < -0.39 is 17.5 Å². The van der Waals surface area contributed by atoms with Crippen LogP contribution < -0.4 is 0 Å². The minimum absolute atomic E-state index is 0.229. The fraction of sp³-hybridized carbons (Fsp3) is 0.833. The Hall–Kier alpha value is 0.550. The first-order valence-electron chi connectivity index (χ1n) is 6.28. The van der Waals surface area contributed by atoms with Crippen LogP contribution in [-0.4, -0.2) is 39.2 Å². The summed E-state index contributed by atoms with van der Waals surface area (Å²) in [6.45, 7) is 7.28. The van der Waals surface area contributed by atoms with Crippen molar-refractivity contribution in [1.29, 1.82) is 0 Å². The van der Waals surface area contributed by atoms with Crippen molar-refractivity contribution in [3.05, 3.63) is 12.2 Å². The number of aliphatic hydroxyl groups is 1. The second-order valence-corrected chi connectivity index (χ2v) is 10.1. The summed E-state index contributed by atoms with van der Waals surface area (Å²) >= 11 is 2.76. The van der Waals surface area contributed by atoms with E-state index in [0.717, 1.165) is 0 Å². The SMILES string of the molecule is CS[C@]1(P(=O)(OC(C)C)OC(C)C)SCC=C[C@H]1O. The second-order valence-electron chi connectivity index (χ2n) is 4.82. The molecule has 0 aromatic carbocycles. The molecule has 0 aliphatic carbocycles. The van der Waals surface area contributed by atoms with Crippen LogP contribution in [0.25, 0.3) is 0 Å². The molecule has 1 N–H and O–H groups in total. The predicted molar refractivity (Wildman–Crippen MR) is 83.9 cm³/mol. The summed E-state index contributed by atoms with van der Waals surface area (Å²) < 4.78 is 23.6. The Bertz CT molecular complexity index is 359.